The second-order valence-corrected chi connectivity index (χ2v) is 6.28. The number of nitrogens with zero attached hydrogens (tertiary/aromatic N) is 2. The van der Waals surface area contributed by atoms with Crippen molar-refractivity contribution in [3.63, 3.8) is 0 Å². The van der Waals surface area contributed by atoms with Crippen LogP contribution in [-0.4, -0.2) is 18.4 Å². The number of benzene rings is 1. The number of aryl methyl sites for hydroxylation is 1. The van der Waals surface area contributed by atoms with Gasteiger partial charge in [0.05, 0.1) is 6.20 Å². The van der Waals surface area contributed by atoms with Gasteiger partial charge in [0.2, 0.25) is 10.0 Å². The molecule has 120 valence electrons. The predicted octanol–water partition coefficient (Wildman–Crippen LogP) is 2.80. The number of para-hydroxylation sites is 1. The van der Waals surface area contributed by atoms with Crippen LogP contribution in [0.25, 0.3) is 10.9 Å². The third-order valence-electron chi connectivity index (χ3n) is 3.10. The van der Waals surface area contributed by atoms with E-state index in [1.807, 2.05) is 31.2 Å². The highest BCUT2D eigenvalue weighted by molar-refractivity contribution is 7.89. The Kier molecular flexibility index (Phi) is 4.84. The maximum atomic E-state index is 11.6. The van der Waals surface area contributed by atoms with Gasteiger partial charge < -0.3 is 4.74 Å². The molecule has 0 aliphatic carbocycles. The Morgan fingerprint density at radius 1 is 1.09 bits per heavy atom. The summed E-state index contributed by atoms with van der Waals surface area (Å²) in [6.07, 6.45) is 2.60. The third-order valence-corrected chi connectivity index (χ3v) is 4.02. The summed E-state index contributed by atoms with van der Waals surface area (Å²) in [6.45, 7) is 1.87. The third kappa shape index (κ3) is 3.58. The molecule has 0 amide bonds. The molecule has 0 bridgehead atoms. The van der Waals surface area contributed by atoms with Crippen LogP contribution in [0.3, 0.4) is 0 Å². The number of hydrogen-bond donors (Lipinski definition) is 1. The number of ether oxygens (including phenoxy) is 1. The van der Waals surface area contributed by atoms with Crippen molar-refractivity contribution in [3.05, 3.63) is 54.5 Å². The summed E-state index contributed by atoms with van der Waals surface area (Å²) in [5, 5.41) is 6.08. The van der Waals surface area contributed by atoms with Gasteiger partial charge in [0.15, 0.2) is 11.5 Å². The van der Waals surface area contributed by atoms with E-state index in [1.165, 1.54) is 12.3 Å². The SMILES string of the molecule is Cc1ccc2cccc(Oc3ccncc3S(N)(=O)=O)c2n1.Cl. The number of sulfonamides is 1. The van der Waals surface area contributed by atoms with Crippen molar-refractivity contribution in [3.8, 4) is 11.5 Å². The number of rotatable bonds is 3. The van der Waals surface area contributed by atoms with Gasteiger partial charge in [-0.25, -0.2) is 18.5 Å². The number of hydrogen-bond acceptors (Lipinski definition) is 5. The maximum absolute atomic E-state index is 11.6. The van der Waals surface area contributed by atoms with Crippen LogP contribution < -0.4 is 9.88 Å². The average molecular weight is 352 g/mol. The lowest BCUT2D eigenvalue weighted by Gasteiger charge is -2.11. The zero-order valence-corrected chi connectivity index (χ0v) is 13.8. The summed E-state index contributed by atoms with van der Waals surface area (Å²) in [7, 11) is -3.92. The molecule has 0 unspecified atom stereocenters. The van der Waals surface area contributed by atoms with Gasteiger partial charge in [0.1, 0.15) is 10.4 Å². The number of primary sulfonamides is 1. The molecule has 0 aliphatic heterocycles. The molecule has 6 nitrogen and oxygen atoms in total. The molecular weight excluding hydrogens is 338 g/mol. The molecular formula is C15H14ClN3O3S. The van der Waals surface area contributed by atoms with E-state index in [2.05, 4.69) is 9.97 Å². The highest BCUT2D eigenvalue weighted by Gasteiger charge is 2.17. The summed E-state index contributed by atoms with van der Waals surface area (Å²) in [4.78, 5) is 8.05. The first kappa shape index (κ1) is 17.1. The van der Waals surface area contributed by atoms with Crippen LogP contribution in [0.4, 0.5) is 0 Å². The Morgan fingerprint density at radius 3 is 2.61 bits per heavy atom. The lowest BCUT2D eigenvalue weighted by atomic mass is 10.2. The molecule has 0 fully saturated rings. The van der Waals surface area contributed by atoms with E-state index in [0.29, 0.717) is 11.3 Å². The molecule has 2 aromatic heterocycles. The van der Waals surface area contributed by atoms with Crippen molar-refractivity contribution >= 4 is 33.3 Å². The summed E-state index contributed by atoms with van der Waals surface area (Å²) in [5.41, 5.74) is 1.49. The van der Waals surface area contributed by atoms with Gasteiger partial charge in [-0.2, -0.15) is 0 Å². The summed E-state index contributed by atoms with van der Waals surface area (Å²) < 4.78 is 29.0. The largest absolute Gasteiger partial charge is 0.454 e. The smallest absolute Gasteiger partial charge is 0.243 e. The number of halogens is 1. The first-order valence-corrected chi connectivity index (χ1v) is 8.01. The first-order valence-electron chi connectivity index (χ1n) is 6.46. The highest BCUT2D eigenvalue weighted by Crippen LogP contribution is 2.31. The van der Waals surface area contributed by atoms with Gasteiger partial charge >= 0.3 is 0 Å². The van der Waals surface area contributed by atoms with E-state index < -0.39 is 10.0 Å². The van der Waals surface area contributed by atoms with Gasteiger partial charge in [-0.3, -0.25) is 4.98 Å². The van der Waals surface area contributed by atoms with E-state index in [4.69, 9.17) is 9.88 Å². The molecule has 0 aliphatic rings. The molecule has 0 saturated carbocycles. The lowest BCUT2D eigenvalue weighted by molar-refractivity contribution is 0.470. The normalized spacial score (nSPS) is 11.0. The number of aromatic nitrogens is 2. The van der Waals surface area contributed by atoms with Crippen molar-refractivity contribution in [2.45, 2.75) is 11.8 Å². The highest BCUT2D eigenvalue weighted by atomic mass is 35.5. The molecule has 0 saturated heterocycles. The van der Waals surface area contributed by atoms with E-state index in [9.17, 15) is 8.42 Å². The van der Waals surface area contributed by atoms with Crippen LogP contribution in [0.1, 0.15) is 5.69 Å². The summed E-state index contributed by atoms with van der Waals surface area (Å²) >= 11 is 0. The fourth-order valence-electron chi connectivity index (χ4n) is 2.08. The van der Waals surface area contributed by atoms with Crippen molar-refractivity contribution < 1.29 is 13.2 Å². The summed E-state index contributed by atoms with van der Waals surface area (Å²) in [6, 6.07) is 10.7. The Balaban J connectivity index is 0.00000192. The molecule has 23 heavy (non-hydrogen) atoms. The fourth-order valence-corrected chi connectivity index (χ4v) is 2.68. The van der Waals surface area contributed by atoms with Gasteiger partial charge in [-0.15, -0.1) is 12.4 Å². The molecule has 3 aromatic rings. The van der Waals surface area contributed by atoms with Gasteiger partial charge in [-0.05, 0) is 19.1 Å². The molecule has 2 heterocycles. The monoisotopic (exact) mass is 351 g/mol. The van der Waals surface area contributed by atoms with Crippen LogP contribution in [0.5, 0.6) is 11.5 Å². The molecule has 0 radical (unpaired) electrons. The van der Waals surface area contributed by atoms with Gasteiger partial charge in [0.25, 0.3) is 0 Å². The minimum absolute atomic E-state index is 0. The Bertz CT molecular complexity index is 961. The van der Waals surface area contributed by atoms with Crippen LogP contribution in [-0.2, 0) is 10.0 Å². The predicted molar refractivity (Wildman–Crippen MR) is 89.4 cm³/mol. The summed E-state index contributed by atoms with van der Waals surface area (Å²) in [5.74, 6) is 0.575. The zero-order chi connectivity index (χ0) is 15.7. The maximum Gasteiger partial charge on any atom is 0.243 e. The van der Waals surface area contributed by atoms with Crippen LogP contribution in [0.2, 0.25) is 0 Å². The van der Waals surface area contributed by atoms with Crippen molar-refractivity contribution in [2.24, 2.45) is 5.14 Å². The van der Waals surface area contributed by atoms with Crippen LogP contribution in [0, 0.1) is 6.92 Å². The standard InChI is InChI=1S/C15H13N3O3S.ClH/c1-10-5-6-11-3-2-4-13(15(11)18-10)21-12-7-8-17-9-14(12)22(16,19)20;/h2-9H,1H3,(H2,16,19,20);1H. The molecule has 0 spiro atoms. The quantitative estimate of drug-likeness (QED) is 0.782. The zero-order valence-electron chi connectivity index (χ0n) is 12.1. The minimum atomic E-state index is -3.92. The van der Waals surface area contributed by atoms with E-state index in [1.54, 1.807) is 6.07 Å². The van der Waals surface area contributed by atoms with E-state index in [0.717, 1.165) is 17.3 Å². The second-order valence-electron chi connectivity index (χ2n) is 4.75. The van der Waals surface area contributed by atoms with Gasteiger partial charge in [-0.1, -0.05) is 18.2 Å². The van der Waals surface area contributed by atoms with Crippen LogP contribution in [0.15, 0.2) is 53.7 Å². The second kappa shape index (κ2) is 6.49. The minimum Gasteiger partial charge on any atom is -0.454 e. The molecule has 8 heteroatoms. The Labute approximate surface area is 139 Å². The van der Waals surface area contributed by atoms with Crippen molar-refractivity contribution in [1.82, 2.24) is 9.97 Å². The van der Waals surface area contributed by atoms with Crippen molar-refractivity contribution in [1.29, 1.82) is 0 Å². The van der Waals surface area contributed by atoms with E-state index in [-0.39, 0.29) is 23.1 Å². The molecule has 2 N–H and O–H groups in total. The topological polar surface area (TPSA) is 95.2 Å². The Hall–Kier alpha value is -2.22. The van der Waals surface area contributed by atoms with E-state index >= 15 is 0 Å². The molecule has 3 rings (SSSR count). The number of fused-ring (bicyclic) bond motifs is 1. The number of pyridine rings is 2. The molecule has 1 aromatic carbocycles. The fraction of sp³-hybridized carbons (Fsp3) is 0.0667. The van der Waals surface area contributed by atoms with Gasteiger partial charge in [0, 0.05) is 23.3 Å². The number of nitrogens with two attached hydrogens (primary N) is 1. The van der Waals surface area contributed by atoms with Crippen LogP contribution >= 0.6 is 12.4 Å². The lowest BCUT2D eigenvalue weighted by Crippen LogP contribution is -2.13. The molecule has 0 atom stereocenters. The first-order chi connectivity index (χ1) is 10.4. The van der Waals surface area contributed by atoms with Crippen molar-refractivity contribution in [2.75, 3.05) is 0 Å². The average Bonchev–Trinajstić information content (AvgIpc) is 2.47. The Morgan fingerprint density at radius 2 is 1.87 bits per heavy atom.